The second kappa shape index (κ2) is 6.68. The molecule has 4 nitrogen and oxygen atoms in total. The third-order valence-corrected chi connectivity index (χ3v) is 5.02. The van der Waals surface area contributed by atoms with E-state index in [1.165, 1.54) is 25.1 Å². The monoisotopic (exact) mass is 354 g/mol. The third kappa shape index (κ3) is 3.89. The van der Waals surface area contributed by atoms with E-state index >= 15 is 0 Å². The lowest BCUT2D eigenvalue weighted by molar-refractivity contribution is 0.584. The van der Waals surface area contributed by atoms with Crippen LogP contribution in [0, 0.1) is 19.7 Å². The molecule has 0 atom stereocenters. The molecule has 0 bridgehead atoms. The van der Waals surface area contributed by atoms with Crippen LogP contribution in [0.1, 0.15) is 23.6 Å². The van der Waals surface area contributed by atoms with Gasteiger partial charge in [0.05, 0.1) is 21.2 Å². The Morgan fingerprint density at radius 3 is 2.35 bits per heavy atom. The van der Waals surface area contributed by atoms with Gasteiger partial charge in [-0.3, -0.25) is 0 Å². The second-order valence-electron chi connectivity index (χ2n) is 5.16. The maximum Gasteiger partial charge on any atom is 0.276 e. The molecule has 0 unspecified atom stereocenters. The molecule has 0 saturated carbocycles. The summed E-state index contributed by atoms with van der Waals surface area (Å²) in [6.45, 7) is 5.07. The summed E-state index contributed by atoms with van der Waals surface area (Å²) in [7, 11) is -3.82. The van der Waals surface area contributed by atoms with Crippen LogP contribution < -0.4 is 4.83 Å². The zero-order chi connectivity index (χ0) is 17.2. The summed E-state index contributed by atoms with van der Waals surface area (Å²) in [5.41, 5.74) is 1.85. The Morgan fingerprint density at radius 2 is 1.74 bits per heavy atom. The van der Waals surface area contributed by atoms with Crippen molar-refractivity contribution in [2.45, 2.75) is 25.7 Å². The zero-order valence-corrected chi connectivity index (χ0v) is 14.5. The van der Waals surface area contributed by atoms with Crippen LogP contribution in [0.25, 0.3) is 0 Å². The molecule has 2 aromatic carbocycles. The Morgan fingerprint density at radius 1 is 1.13 bits per heavy atom. The molecule has 0 fully saturated rings. The molecular weight excluding hydrogens is 339 g/mol. The van der Waals surface area contributed by atoms with Gasteiger partial charge in [0.25, 0.3) is 10.0 Å². The molecule has 0 aromatic heterocycles. The zero-order valence-electron chi connectivity index (χ0n) is 12.9. The van der Waals surface area contributed by atoms with Crippen LogP contribution in [0.15, 0.2) is 46.4 Å². The van der Waals surface area contributed by atoms with Crippen molar-refractivity contribution >= 4 is 27.3 Å². The molecule has 0 aliphatic rings. The van der Waals surface area contributed by atoms with E-state index in [4.69, 9.17) is 11.6 Å². The fourth-order valence-corrected chi connectivity index (χ4v) is 3.09. The van der Waals surface area contributed by atoms with Gasteiger partial charge in [0.1, 0.15) is 5.82 Å². The van der Waals surface area contributed by atoms with Gasteiger partial charge in [-0.1, -0.05) is 35.4 Å². The highest BCUT2D eigenvalue weighted by atomic mass is 35.5. The lowest BCUT2D eigenvalue weighted by Gasteiger charge is -2.09. The van der Waals surface area contributed by atoms with Crippen molar-refractivity contribution < 1.29 is 12.8 Å². The Labute approximate surface area is 140 Å². The van der Waals surface area contributed by atoms with Crippen molar-refractivity contribution in [1.29, 1.82) is 0 Å². The number of hydrogen-bond acceptors (Lipinski definition) is 3. The van der Waals surface area contributed by atoms with Gasteiger partial charge in [0.15, 0.2) is 0 Å². The molecular formula is C16H16ClFN2O2S. The number of nitrogens with one attached hydrogen (secondary N) is 1. The van der Waals surface area contributed by atoms with E-state index in [0.717, 1.165) is 5.56 Å². The van der Waals surface area contributed by atoms with Gasteiger partial charge < -0.3 is 0 Å². The lowest BCUT2D eigenvalue weighted by Crippen LogP contribution is -2.20. The highest BCUT2D eigenvalue weighted by molar-refractivity contribution is 7.89. The van der Waals surface area contributed by atoms with Crippen molar-refractivity contribution in [2.75, 3.05) is 0 Å². The first-order valence-electron chi connectivity index (χ1n) is 6.80. The molecule has 0 spiro atoms. The van der Waals surface area contributed by atoms with E-state index in [9.17, 15) is 12.8 Å². The molecule has 2 rings (SSSR count). The number of halogens is 2. The Bertz CT molecular complexity index is 862. The highest BCUT2D eigenvalue weighted by Crippen LogP contribution is 2.24. The third-order valence-electron chi connectivity index (χ3n) is 3.31. The number of rotatable bonds is 4. The lowest BCUT2D eigenvalue weighted by atomic mass is 10.1. The van der Waals surface area contributed by atoms with Gasteiger partial charge >= 0.3 is 0 Å². The molecule has 2 aromatic rings. The molecule has 0 heterocycles. The summed E-state index contributed by atoms with van der Waals surface area (Å²) in [4.78, 5) is 2.18. The Kier molecular flexibility index (Phi) is 5.06. The largest absolute Gasteiger partial charge is 0.276 e. The smallest absolute Gasteiger partial charge is 0.206 e. The van der Waals surface area contributed by atoms with Crippen LogP contribution in [0.3, 0.4) is 0 Å². The average molecular weight is 355 g/mol. The van der Waals surface area contributed by atoms with Crippen LogP contribution >= 0.6 is 11.6 Å². The normalized spacial score (nSPS) is 12.3. The van der Waals surface area contributed by atoms with Crippen molar-refractivity contribution in [3.63, 3.8) is 0 Å². The summed E-state index contributed by atoms with van der Waals surface area (Å²) in [6.07, 6.45) is 0. The standard InChI is InChI=1S/C16H16ClFN2O2S/c1-10-4-7-13(8-5-10)23(21,22)20-19-12(3)15-14(18)9-6-11(2)16(15)17/h4-9,20H,1-3H3/b19-12-. The van der Waals surface area contributed by atoms with Crippen LogP contribution in [0.2, 0.25) is 5.02 Å². The van der Waals surface area contributed by atoms with E-state index in [0.29, 0.717) is 5.56 Å². The van der Waals surface area contributed by atoms with Gasteiger partial charge in [-0.25, -0.2) is 4.39 Å². The molecule has 0 aliphatic heterocycles. The van der Waals surface area contributed by atoms with Gasteiger partial charge in [-0.05, 0) is 44.5 Å². The molecule has 0 amide bonds. The minimum absolute atomic E-state index is 0.0791. The number of benzene rings is 2. The number of nitrogens with zero attached hydrogens (tertiary/aromatic N) is 1. The number of sulfonamides is 1. The summed E-state index contributed by atoms with van der Waals surface area (Å²) < 4.78 is 38.3. The van der Waals surface area contributed by atoms with Crippen LogP contribution in [0.4, 0.5) is 4.39 Å². The van der Waals surface area contributed by atoms with Crippen molar-refractivity contribution in [3.05, 3.63) is 63.9 Å². The van der Waals surface area contributed by atoms with Gasteiger partial charge in [0.2, 0.25) is 0 Å². The van der Waals surface area contributed by atoms with E-state index in [1.54, 1.807) is 25.1 Å². The van der Waals surface area contributed by atoms with E-state index < -0.39 is 15.8 Å². The second-order valence-corrected chi connectivity index (χ2v) is 7.20. The SMILES string of the molecule is C/C(=N/NS(=O)(=O)c1ccc(C)cc1)c1c(F)ccc(C)c1Cl. The minimum atomic E-state index is -3.82. The molecule has 0 aliphatic carbocycles. The van der Waals surface area contributed by atoms with Crippen molar-refractivity contribution in [2.24, 2.45) is 5.10 Å². The summed E-state index contributed by atoms with van der Waals surface area (Å²) >= 11 is 6.08. The number of aryl methyl sites for hydroxylation is 2. The molecule has 1 N–H and O–H groups in total. The first-order valence-corrected chi connectivity index (χ1v) is 8.66. The van der Waals surface area contributed by atoms with E-state index in [2.05, 4.69) is 9.93 Å². The number of hydrazone groups is 1. The van der Waals surface area contributed by atoms with Crippen LogP contribution in [-0.4, -0.2) is 14.1 Å². The Balaban J connectivity index is 2.33. The average Bonchev–Trinajstić information content (AvgIpc) is 2.50. The molecule has 7 heteroatoms. The first kappa shape index (κ1) is 17.4. The van der Waals surface area contributed by atoms with Crippen LogP contribution in [0.5, 0.6) is 0 Å². The predicted molar refractivity (Wildman–Crippen MR) is 89.9 cm³/mol. The maximum atomic E-state index is 13.9. The molecule has 0 radical (unpaired) electrons. The van der Waals surface area contributed by atoms with Crippen molar-refractivity contribution in [3.8, 4) is 0 Å². The summed E-state index contributed by atoms with van der Waals surface area (Å²) in [5, 5.41) is 3.99. The first-order chi connectivity index (χ1) is 10.7. The summed E-state index contributed by atoms with van der Waals surface area (Å²) in [6, 6.07) is 9.13. The van der Waals surface area contributed by atoms with E-state index in [-0.39, 0.29) is 21.2 Å². The molecule has 0 saturated heterocycles. The molecule has 23 heavy (non-hydrogen) atoms. The minimum Gasteiger partial charge on any atom is -0.206 e. The van der Waals surface area contributed by atoms with Crippen LogP contribution in [-0.2, 0) is 10.0 Å². The van der Waals surface area contributed by atoms with E-state index in [1.807, 2.05) is 6.92 Å². The van der Waals surface area contributed by atoms with Gasteiger partial charge in [0, 0.05) is 0 Å². The molecule has 122 valence electrons. The quantitative estimate of drug-likeness (QED) is 0.670. The predicted octanol–water partition coefficient (Wildman–Crippen LogP) is 3.80. The topological polar surface area (TPSA) is 58.5 Å². The highest BCUT2D eigenvalue weighted by Gasteiger charge is 2.16. The Hall–Kier alpha value is -1.92. The van der Waals surface area contributed by atoms with Gasteiger partial charge in [-0.2, -0.15) is 18.4 Å². The fraction of sp³-hybridized carbons (Fsp3) is 0.188. The summed E-state index contributed by atoms with van der Waals surface area (Å²) in [5.74, 6) is -0.559. The van der Waals surface area contributed by atoms with Gasteiger partial charge in [-0.15, -0.1) is 0 Å². The number of hydrogen-bond donors (Lipinski definition) is 1. The maximum absolute atomic E-state index is 13.9. The fourth-order valence-electron chi connectivity index (χ4n) is 1.94. The van der Waals surface area contributed by atoms with Crippen molar-refractivity contribution in [1.82, 2.24) is 4.83 Å².